The SMILES string of the molecule is [C-]#[N+]CC1COc2c(Cl)c(-c3ccc(F)c4sc(N)c(C#N)c34)c(F)c3nc(OC[C@@]45CCCN4C[C@H](F)C5)nc(c23)N1CCCN(C)C(=O)[C@H]1CN1C(c1ccccc1)(c1ccccc1)c1ccccc1. The van der Waals surface area contributed by atoms with Gasteiger partial charge in [-0.3, -0.25) is 14.6 Å². The molecule has 2 N–H and O–H groups in total. The Hall–Kier alpha value is -6.95. The lowest BCUT2D eigenvalue weighted by Gasteiger charge is -2.38. The number of alkyl halides is 1. The summed E-state index contributed by atoms with van der Waals surface area (Å²) in [4.78, 5) is 36.0. The molecular weight excluding hydrogens is 959 g/mol. The Labute approximate surface area is 423 Å². The lowest BCUT2D eigenvalue weighted by atomic mass is 9.76. The number of nitrogens with zero attached hydrogens (tertiary/aromatic N) is 8. The zero-order valence-corrected chi connectivity index (χ0v) is 40.9. The smallest absolute Gasteiger partial charge is 0.319 e. The Morgan fingerprint density at radius 1 is 1.03 bits per heavy atom. The first-order chi connectivity index (χ1) is 35.0. The van der Waals surface area contributed by atoms with Crippen LogP contribution in [0.4, 0.5) is 24.0 Å². The van der Waals surface area contributed by atoms with Crippen LogP contribution in [-0.2, 0) is 10.3 Å². The van der Waals surface area contributed by atoms with Crippen LogP contribution in [0.3, 0.4) is 0 Å². The van der Waals surface area contributed by atoms with Crippen molar-refractivity contribution >= 4 is 60.7 Å². The summed E-state index contributed by atoms with van der Waals surface area (Å²) in [6, 6.07) is 34.1. The van der Waals surface area contributed by atoms with Gasteiger partial charge in [-0.05, 0) is 54.1 Å². The van der Waals surface area contributed by atoms with Crippen molar-refractivity contribution in [3.05, 3.63) is 153 Å². The molecular formula is C55H49ClF3N9O3S. The number of carbonyl (C=O) groups excluding carboxylic acids is 1. The van der Waals surface area contributed by atoms with E-state index < -0.39 is 41.0 Å². The summed E-state index contributed by atoms with van der Waals surface area (Å²) >= 11 is 8.11. The molecule has 0 spiro atoms. The standard InChI is InChI=1S/C55H49ClF3N9O3S/c1-62-28-37-31-70-48-44-47(46(59)43(45(48)56)38-20-21-40(58)49-42(38)39(27-60)50(61)72-49)63-53(71-32-54-22-12-24-66(54)29-36(57)26-54)64-51(44)67(37)25-13-23-65(2)52(69)41-30-68(41)55(33-14-6-3-7-15-33,34-16-8-4-9-17-34)35-18-10-5-11-19-35/h3-11,14-21,36-37,41H,12-13,22-26,28-32,61H2,2H3/t36-,37?,41-,54+,68?/m1/s1. The Bertz CT molecular complexity index is 3220. The minimum atomic E-state index is -1.02. The summed E-state index contributed by atoms with van der Waals surface area (Å²) in [7, 11) is 1.79. The number of nitrogen functional groups attached to an aromatic ring is 1. The van der Waals surface area contributed by atoms with Gasteiger partial charge in [-0.25, -0.2) is 19.7 Å². The first kappa shape index (κ1) is 47.4. The highest BCUT2D eigenvalue weighted by atomic mass is 35.5. The summed E-state index contributed by atoms with van der Waals surface area (Å²) in [6.07, 6.45) is 1.25. The molecule has 1 amide bonds. The maximum atomic E-state index is 17.8. The normalized spacial score (nSPS) is 21.5. The van der Waals surface area contributed by atoms with E-state index in [0.29, 0.717) is 32.5 Å². The molecule has 0 bridgehead atoms. The van der Waals surface area contributed by atoms with Gasteiger partial charge in [-0.2, -0.15) is 15.2 Å². The maximum Gasteiger partial charge on any atom is 0.319 e. The molecule has 4 aliphatic rings. The molecule has 5 atom stereocenters. The molecule has 0 radical (unpaired) electrons. The Balaban J connectivity index is 0.947. The molecule has 6 heterocycles. The number of rotatable bonds is 14. The number of hydrogen-bond acceptors (Lipinski definition) is 11. The molecule has 2 unspecified atom stereocenters. The number of fused-ring (bicyclic) bond motifs is 2. The number of ether oxygens (including phenoxy) is 2. The number of halogens is 4. The van der Waals surface area contributed by atoms with Crippen LogP contribution in [0.15, 0.2) is 103 Å². The Morgan fingerprint density at radius 3 is 2.36 bits per heavy atom. The van der Waals surface area contributed by atoms with Gasteiger partial charge in [0.25, 0.3) is 0 Å². The monoisotopic (exact) mass is 1010 g/mol. The van der Waals surface area contributed by atoms with E-state index in [1.807, 2.05) is 65.6 Å². The van der Waals surface area contributed by atoms with Gasteiger partial charge in [0.2, 0.25) is 12.5 Å². The summed E-state index contributed by atoms with van der Waals surface area (Å²) in [5.41, 5.74) is 7.69. The van der Waals surface area contributed by atoms with Crippen LogP contribution in [0.2, 0.25) is 5.02 Å². The third-order valence-electron chi connectivity index (χ3n) is 15.0. The molecule has 11 rings (SSSR count). The molecule has 3 saturated heterocycles. The molecule has 0 aliphatic carbocycles. The fourth-order valence-electron chi connectivity index (χ4n) is 11.6. The van der Waals surface area contributed by atoms with Crippen LogP contribution >= 0.6 is 22.9 Å². The number of nitriles is 1. The minimum absolute atomic E-state index is 0.0219. The highest BCUT2D eigenvalue weighted by Gasteiger charge is 2.56. The maximum absolute atomic E-state index is 17.8. The predicted molar refractivity (Wildman–Crippen MR) is 273 cm³/mol. The fourth-order valence-corrected chi connectivity index (χ4v) is 12.9. The topological polar surface area (TPSA) is 128 Å². The van der Waals surface area contributed by atoms with E-state index in [1.54, 1.807) is 11.9 Å². The van der Waals surface area contributed by atoms with Crippen molar-refractivity contribution in [2.45, 2.75) is 55.0 Å². The molecule has 17 heteroatoms. The second-order valence-corrected chi connectivity index (χ2v) is 20.5. The number of likely N-dealkylation sites (N-methyl/N-ethyl adjacent to an activating group) is 1. The number of thiophene rings is 1. The summed E-state index contributed by atoms with van der Waals surface area (Å²) in [6.45, 7) is 10.1. The van der Waals surface area contributed by atoms with Gasteiger partial charge in [-0.1, -0.05) is 109 Å². The number of anilines is 2. The summed E-state index contributed by atoms with van der Waals surface area (Å²) in [5.74, 6) is -1.33. The van der Waals surface area contributed by atoms with Gasteiger partial charge in [-0.15, -0.1) is 11.3 Å². The number of nitrogens with two attached hydrogens (primary N) is 1. The average Bonchev–Trinajstić information content (AvgIpc) is 3.89. The summed E-state index contributed by atoms with van der Waals surface area (Å²) in [5, 5.41) is 10.3. The highest BCUT2D eigenvalue weighted by molar-refractivity contribution is 7.23. The average molecular weight is 1010 g/mol. The first-order valence-electron chi connectivity index (χ1n) is 24.1. The van der Waals surface area contributed by atoms with Crippen molar-refractivity contribution in [2.75, 3.05) is 70.2 Å². The van der Waals surface area contributed by atoms with Gasteiger partial charge in [0, 0.05) is 50.6 Å². The molecule has 0 saturated carbocycles. The van der Waals surface area contributed by atoms with Gasteiger partial charge < -0.3 is 29.9 Å². The van der Waals surface area contributed by atoms with Crippen molar-refractivity contribution < 1.29 is 27.4 Å². The van der Waals surface area contributed by atoms with E-state index in [-0.39, 0.29) is 104 Å². The molecule has 72 heavy (non-hydrogen) atoms. The lowest BCUT2D eigenvalue weighted by molar-refractivity contribution is -0.130. The van der Waals surface area contributed by atoms with Crippen LogP contribution in [-0.4, -0.2) is 114 Å². The third-order valence-corrected chi connectivity index (χ3v) is 16.4. The van der Waals surface area contributed by atoms with Crippen LogP contribution in [0, 0.1) is 29.5 Å². The van der Waals surface area contributed by atoms with Crippen molar-refractivity contribution in [3.8, 4) is 29.0 Å². The number of amides is 1. The second-order valence-electron chi connectivity index (χ2n) is 19.1. The Morgan fingerprint density at radius 2 is 1.71 bits per heavy atom. The molecule has 12 nitrogen and oxygen atoms in total. The number of benzene rings is 5. The van der Waals surface area contributed by atoms with Crippen molar-refractivity contribution in [1.29, 1.82) is 5.26 Å². The molecule has 2 aromatic heterocycles. The molecule has 3 fully saturated rings. The van der Waals surface area contributed by atoms with E-state index in [9.17, 15) is 14.4 Å². The number of hydrogen-bond donors (Lipinski definition) is 1. The number of carbonyl (C=O) groups is 1. The Kier molecular flexibility index (Phi) is 12.4. The van der Waals surface area contributed by atoms with Gasteiger partial charge in [0.05, 0.1) is 31.8 Å². The van der Waals surface area contributed by atoms with Crippen molar-refractivity contribution in [3.63, 3.8) is 0 Å². The molecule has 5 aromatic carbocycles. The van der Waals surface area contributed by atoms with E-state index in [1.165, 1.54) is 12.1 Å². The second kappa shape index (κ2) is 18.9. The largest absolute Gasteiger partial charge is 0.489 e. The molecule has 7 aromatic rings. The quantitative estimate of drug-likeness (QED) is 0.0639. The van der Waals surface area contributed by atoms with Crippen LogP contribution in [0.1, 0.15) is 47.9 Å². The highest BCUT2D eigenvalue weighted by Crippen LogP contribution is 2.52. The van der Waals surface area contributed by atoms with Crippen LogP contribution < -0.4 is 20.1 Å². The lowest BCUT2D eigenvalue weighted by Crippen LogP contribution is -2.44. The van der Waals surface area contributed by atoms with Crippen molar-refractivity contribution in [2.24, 2.45) is 0 Å². The van der Waals surface area contributed by atoms with Crippen LogP contribution in [0.25, 0.3) is 37.0 Å². The summed E-state index contributed by atoms with van der Waals surface area (Å²) < 4.78 is 61.0. The molecule has 366 valence electrons. The minimum Gasteiger partial charge on any atom is -0.489 e. The van der Waals surface area contributed by atoms with E-state index in [0.717, 1.165) is 41.0 Å². The zero-order chi connectivity index (χ0) is 49.9. The zero-order valence-electron chi connectivity index (χ0n) is 39.3. The van der Waals surface area contributed by atoms with E-state index in [2.05, 4.69) is 56.0 Å². The van der Waals surface area contributed by atoms with E-state index >= 15 is 8.78 Å². The predicted octanol–water partition coefficient (Wildman–Crippen LogP) is 9.86. The van der Waals surface area contributed by atoms with Gasteiger partial charge >= 0.3 is 6.01 Å². The number of aromatic nitrogens is 2. The van der Waals surface area contributed by atoms with Crippen molar-refractivity contribution in [1.82, 2.24) is 24.7 Å². The fraction of sp³-hybridized carbons (Fsp3) is 0.327. The van der Waals surface area contributed by atoms with Crippen LogP contribution in [0.5, 0.6) is 11.8 Å². The van der Waals surface area contributed by atoms with Gasteiger partial charge in [0.15, 0.2) is 11.6 Å². The van der Waals surface area contributed by atoms with Gasteiger partial charge in [0.1, 0.15) is 59.7 Å². The first-order valence-corrected chi connectivity index (χ1v) is 25.2. The molecule has 4 aliphatic heterocycles. The van der Waals surface area contributed by atoms with E-state index in [4.69, 9.17) is 38.4 Å². The third kappa shape index (κ3) is 7.83.